The van der Waals surface area contributed by atoms with Crippen molar-refractivity contribution in [3.8, 4) is 0 Å². The second kappa shape index (κ2) is 5.56. The van der Waals surface area contributed by atoms with Crippen LogP contribution in [0.25, 0.3) is 0 Å². The van der Waals surface area contributed by atoms with E-state index in [1.807, 2.05) is 20.8 Å². The van der Waals surface area contributed by atoms with Gasteiger partial charge in [0.05, 0.1) is 0 Å². The van der Waals surface area contributed by atoms with Crippen molar-refractivity contribution in [1.29, 1.82) is 0 Å². The molecule has 0 bridgehead atoms. The fourth-order valence-corrected chi connectivity index (χ4v) is 1.52. The lowest BCUT2D eigenvalue weighted by atomic mass is 10.2. The molecule has 1 rings (SSSR count). The topological polar surface area (TPSA) is 92.9 Å². The maximum atomic E-state index is 11.7. The van der Waals surface area contributed by atoms with E-state index in [9.17, 15) is 9.59 Å². The smallest absolute Gasteiger partial charge is 0.330 e. The zero-order chi connectivity index (χ0) is 13.0. The Morgan fingerprint density at radius 2 is 2.06 bits per heavy atom. The second-order valence-corrected chi connectivity index (χ2v) is 4.12. The van der Waals surface area contributed by atoms with Crippen LogP contribution in [-0.4, -0.2) is 15.6 Å². The van der Waals surface area contributed by atoms with Gasteiger partial charge in [0.2, 0.25) is 0 Å². The Morgan fingerprint density at radius 1 is 1.41 bits per heavy atom. The van der Waals surface area contributed by atoms with E-state index in [1.54, 1.807) is 0 Å². The fourth-order valence-electron chi connectivity index (χ4n) is 1.52. The van der Waals surface area contributed by atoms with Crippen molar-refractivity contribution in [2.24, 2.45) is 0 Å². The molecule has 1 unspecified atom stereocenters. The SMILES string of the molecule is CCCn1c(N)c(NC(C)CC)c(=O)[nH]c1=O. The molecule has 4 N–H and O–H groups in total. The molecule has 0 fully saturated rings. The Bertz CT molecular complexity index is 489. The molecule has 6 heteroatoms. The highest BCUT2D eigenvalue weighted by atomic mass is 16.2. The number of aromatic nitrogens is 2. The van der Waals surface area contributed by atoms with Crippen LogP contribution in [0.4, 0.5) is 11.5 Å². The van der Waals surface area contributed by atoms with E-state index in [1.165, 1.54) is 4.57 Å². The summed E-state index contributed by atoms with van der Waals surface area (Å²) in [6, 6.07) is 0.131. The first kappa shape index (κ1) is 13.3. The molecule has 96 valence electrons. The molecule has 0 radical (unpaired) electrons. The summed E-state index contributed by atoms with van der Waals surface area (Å²) < 4.78 is 1.38. The highest BCUT2D eigenvalue weighted by Gasteiger charge is 2.12. The highest BCUT2D eigenvalue weighted by molar-refractivity contribution is 5.60. The van der Waals surface area contributed by atoms with Crippen molar-refractivity contribution in [3.63, 3.8) is 0 Å². The lowest BCUT2D eigenvalue weighted by Crippen LogP contribution is -2.35. The van der Waals surface area contributed by atoms with Gasteiger partial charge >= 0.3 is 5.69 Å². The largest absolute Gasteiger partial charge is 0.383 e. The minimum Gasteiger partial charge on any atom is -0.383 e. The fraction of sp³-hybridized carbons (Fsp3) is 0.636. The van der Waals surface area contributed by atoms with Crippen LogP contribution in [-0.2, 0) is 6.54 Å². The summed E-state index contributed by atoms with van der Waals surface area (Å²) in [5.74, 6) is 0.209. The van der Waals surface area contributed by atoms with Gasteiger partial charge in [0, 0.05) is 12.6 Å². The van der Waals surface area contributed by atoms with Crippen LogP contribution in [0.3, 0.4) is 0 Å². The third kappa shape index (κ3) is 2.89. The average Bonchev–Trinajstić information content (AvgIpc) is 2.29. The molecule has 0 aliphatic rings. The molecule has 1 aromatic rings. The Balaban J connectivity index is 3.25. The van der Waals surface area contributed by atoms with Crippen molar-refractivity contribution in [3.05, 3.63) is 20.8 Å². The van der Waals surface area contributed by atoms with Crippen LogP contribution >= 0.6 is 0 Å². The predicted octanol–water partition coefficient (Wildman–Crippen LogP) is 0.739. The van der Waals surface area contributed by atoms with Crippen molar-refractivity contribution >= 4 is 11.5 Å². The number of nitrogens with two attached hydrogens (primary N) is 1. The molecule has 0 aliphatic heterocycles. The van der Waals surface area contributed by atoms with E-state index in [-0.39, 0.29) is 17.5 Å². The zero-order valence-corrected chi connectivity index (χ0v) is 10.5. The third-order valence-electron chi connectivity index (χ3n) is 2.69. The first-order valence-corrected chi connectivity index (χ1v) is 5.90. The van der Waals surface area contributed by atoms with Crippen molar-refractivity contribution in [2.45, 2.75) is 46.2 Å². The summed E-state index contributed by atoms with van der Waals surface area (Å²) in [6.07, 6.45) is 1.64. The van der Waals surface area contributed by atoms with E-state index in [0.717, 1.165) is 12.8 Å². The van der Waals surface area contributed by atoms with E-state index >= 15 is 0 Å². The van der Waals surface area contributed by atoms with Gasteiger partial charge < -0.3 is 11.1 Å². The maximum absolute atomic E-state index is 11.7. The highest BCUT2D eigenvalue weighted by Crippen LogP contribution is 2.12. The summed E-state index contributed by atoms with van der Waals surface area (Å²) in [6.45, 7) is 6.40. The lowest BCUT2D eigenvalue weighted by molar-refractivity contribution is 0.640. The van der Waals surface area contributed by atoms with Crippen LogP contribution in [0.2, 0.25) is 0 Å². The van der Waals surface area contributed by atoms with Crippen LogP contribution in [0.5, 0.6) is 0 Å². The number of hydrogen-bond acceptors (Lipinski definition) is 4. The Hall–Kier alpha value is -1.72. The number of H-pyrrole nitrogens is 1. The molecule has 1 heterocycles. The first-order chi connectivity index (χ1) is 8.01. The van der Waals surface area contributed by atoms with Crippen LogP contribution in [0.1, 0.15) is 33.6 Å². The van der Waals surface area contributed by atoms with Gasteiger partial charge in [-0.3, -0.25) is 14.3 Å². The summed E-state index contributed by atoms with van der Waals surface area (Å²) in [5.41, 5.74) is 5.23. The van der Waals surface area contributed by atoms with Gasteiger partial charge in [0.25, 0.3) is 5.56 Å². The number of nitrogens with zero attached hydrogens (tertiary/aromatic N) is 1. The quantitative estimate of drug-likeness (QED) is 0.707. The van der Waals surface area contributed by atoms with Crippen LogP contribution in [0, 0.1) is 0 Å². The van der Waals surface area contributed by atoms with Gasteiger partial charge in [-0.2, -0.15) is 0 Å². The Labute approximate surface area is 99.8 Å². The minimum atomic E-state index is -0.458. The number of hydrogen-bond donors (Lipinski definition) is 3. The van der Waals surface area contributed by atoms with Crippen molar-refractivity contribution < 1.29 is 0 Å². The number of nitrogen functional groups attached to an aromatic ring is 1. The normalized spacial score (nSPS) is 12.4. The molecular weight excluding hydrogens is 220 g/mol. The first-order valence-electron chi connectivity index (χ1n) is 5.90. The minimum absolute atomic E-state index is 0.131. The number of anilines is 2. The Morgan fingerprint density at radius 3 is 2.59 bits per heavy atom. The molecule has 0 spiro atoms. The molecule has 0 amide bonds. The van der Waals surface area contributed by atoms with Gasteiger partial charge in [0.1, 0.15) is 11.5 Å². The summed E-state index contributed by atoms with van der Waals surface area (Å²) >= 11 is 0. The van der Waals surface area contributed by atoms with E-state index in [2.05, 4.69) is 10.3 Å². The van der Waals surface area contributed by atoms with Gasteiger partial charge in [-0.1, -0.05) is 13.8 Å². The molecule has 1 atom stereocenters. The van der Waals surface area contributed by atoms with Gasteiger partial charge in [-0.15, -0.1) is 0 Å². The lowest BCUT2D eigenvalue weighted by Gasteiger charge is -2.16. The summed E-state index contributed by atoms with van der Waals surface area (Å²) in [7, 11) is 0. The number of rotatable bonds is 5. The predicted molar refractivity (Wildman–Crippen MR) is 69.4 cm³/mol. The maximum Gasteiger partial charge on any atom is 0.330 e. The summed E-state index contributed by atoms with van der Waals surface area (Å²) in [4.78, 5) is 25.5. The van der Waals surface area contributed by atoms with Gasteiger partial charge in [-0.05, 0) is 19.8 Å². The number of nitrogens with one attached hydrogen (secondary N) is 2. The average molecular weight is 240 g/mol. The van der Waals surface area contributed by atoms with E-state index in [4.69, 9.17) is 5.73 Å². The van der Waals surface area contributed by atoms with Crippen LogP contribution < -0.4 is 22.3 Å². The standard InChI is InChI=1S/C11H20N4O2/c1-4-6-15-9(12)8(13-7(3)5-2)10(16)14-11(15)17/h7,13H,4-6,12H2,1-3H3,(H,14,16,17). The molecule has 1 aromatic heterocycles. The van der Waals surface area contributed by atoms with Crippen molar-refractivity contribution in [2.75, 3.05) is 11.1 Å². The van der Waals surface area contributed by atoms with Gasteiger partial charge in [-0.25, -0.2) is 4.79 Å². The molecule has 0 aliphatic carbocycles. The molecule has 0 saturated heterocycles. The Kier molecular flexibility index (Phi) is 4.37. The molecule has 0 aromatic carbocycles. The van der Waals surface area contributed by atoms with Gasteiger partial charge in [0.15, 0.2) is 0 Å². The molecule has 0 saturated carbocycles. The summed E-state index contributed by atoms with van der Waals surface area (Å²) in [5, 5.41) is 3.03. The number of aromatic amines is 1. The molecule has 6 nitrogen and oxygen atoms in total. The molecular formula is C11H20N4O2. The van der Waals surface area contributed by atoms with Crippen molar-refractivity contribution in [1.82, 2.24) is 9.55 Å². The van der Waals surface area contributed by atoms with Crippen LogP contribution in [0.15, 0.2) is 9.59 Å². The zero-order valence-electron chi connectivity index (χ0n) is 10.5. The monoisotopic (exact) mass is 240 g/mol. The third-order valence-corrected chi connectivity index (χ3v) is 2.69. The second-order valence-electron chi connectivity index (χ2n) is 4.12. The van der Waals surface area contributed by atoms with E-state index in [0.29, 0.717) is 6.54 Å². The molecule has 17 heavy (non-hydrogen) atoms. The van der Waals surface area contributed by atoms with E-state index < -0.39 is 11.2 Å².